The molecule has 2 aromatic carbocycles. The Balaban J connectivity index is 1.66. The highest BCUT2D eigenvalue weighted by atomic mass is 16.7. The number of para-hydroxylation sites is 1. The number of ether oxygens (including phenoxy) is 4. The normalized spacial score (nSPS) is 19.8. The van der Waals surface area contributed by atoms with Crippen molar-refractivity contribution in [1.82, 2.24) is 9.80 Å². The number of methoxy groups -OCH3 is 2. The minimum atomic E-state index is -0.908. The van der Waals surface area contributed by atoms with Crippen molar-refractivity contribution in [3.05, 3.63) is 47.5 Å². The molecule has 0 aromatic heterocycles. The van der Waals surface area contributed by atoms with Gasteiger partial charge in [-0.3, -0.25) is 14.5 Å². The average molecular weight is 571 g/mol. The molecule has 10 heteroatoms. The summed E-state index contributed by atoms with van der Waals surface area (Å²) in [7, 11) is 3.17. The lowest BCUT2D eigenvalue weighted by atomic mass is 9.83. The van der Waals surface area contributed by atoms with Crippen LogP contribution in [0, 0.1) is 5.92 Å². The predicted molar refractivity (Wildman–Crippen MR) is 153 cm³/mol. The van der Waals surface area contributed by atoms with Crippen LogP contribution in [-0.2, 0) is 16.0 Å². The Bertz CT molecular complexity index is 1180. The van der Waals surface area contributed by atoms with Gasteiger partial charge in [0.1, 0.15) is 5.75 Å². The number of unbranched alkanes of at least 4 members (excludes halogenated alkanes) is 1. The van der Waals surface area contributed by atoms with Crippen LogP contribution >= 0.6 is 0 Å². The largest absolute Gasteiger partial charge is 0.496 e. The van der Waals surface area contributed by atoms with Crippen LogP contribution in [0.15, 0.2) is 36.4 Å². The summed E-state index contributed by atoms with van der Waals surface area (Å²) < 4.78 is 22.3. The number of amides is 1. The first-order valence-electron chi connectivity index (χ1n) is 14.4. The molecular formula is C31H42N2O8. The number of carboxylic acids is 1. The molecule has 2 aliphatic heterocycles. The van der Waals surface area contributed by atoms with Gasteiger partial charge in [-0.05, 0) is 55.0 Å². The third-order valence-electron chi connectivity index (χ3n) is 8.10. The molecule has 4 rings (SSSR count). The average Bonchev–Trinajstić information content (AvgIpc) is 3.60. The van der Waals surface area contributed by atoms with Gasteiger partial charge in [0.15, 0.2) is 11.5 Å². The lowest BCUT2D eigenvalue weighted by Gasteiger charge is -2.30. The molecule has 3 unspecified atom stereocenters. The summed E-state index contributed by atoms with van der Waals surface area (Å²) >= 11 is 0. The minimum absolute atomic E-state index is 0.0102. The Morgan fingerprint density at radius 3 is 2.54 bits per heavy atom. The molecule has 41 heavy (non-hydrogen) atoms. The van der Waals surface area contributed by atoms with Crippen molar-refractivity contribution in [3.63, 3.8) is 0 Å². The number of carbonyl (C=O) groups excluding carboxylic acids is 1. The third kappa shape index (κ3) is 7.05. The smallest absolute Gasteiger partial charge is 0.308 e. The summed E-state index contributed by atoms with van der Waals surface area (Å²) in [4.78, 5) is 30.3. The first-order chi connectivity index (χ1) is 19.9. The molecule has 0 radical (unpaired) electrons. The zero-order chi connectivity index (χ0) is 29.4. The van der Waals surface area contributed by atoms with Crippen molar-refractivity contribution in [2.75, 3.05) is 53.8 Å². The summed E-state index contributed by atoms with van der Waals surface area (Å²) in [6.07, 6.45) is 3.46. The van der Waals surface area contributed by atoms with Crippen LogP contribution in [0.5, 0.6) is 23.0 Å². The quantitative estimate of drug-likeness (QED) is 0.332. The molecule has 1 fully saturated rings. The van der Waals surface area contributed by atoms with E-state index in [-0.39, 0.29) is 25.9 Å². The third-order valence-corrected chi connectivity index (χ3v) is 8.10. The van der Waals surface area contributed by atoms with Gasteiger partial charge in [0, 0.05) is 38.2 Å². The molecule has 1 amide bonds. The molecule has 3 atom stereocenters. The molecule has 2 N–H and O–H groups in total. The second kappa shape index (κ2) is 14.4. The van der Waals surface area contributed by atoms with E-state index in [1.54, 1.807) is 19.1 Å². The highest BCUT2D eigenvalue weighted by Gasteiger charge is 2.47. The fraction of sp³-hybridized carbons (Fsp3) is 0.548. The maximum absolute atomic E-state index is 13.6. The second-order valence-electron chi connectivity index (χ2n) is 10.6. The van der Waals surface area contributed by atoms with E-state index in [0.717, 1.165) is 29.7 Å². The maximum Gasteiger partial charge on any atom is 0.308 e. The fourth-order valence-electron chi connectivity index (χ4n) is 6.01. The van der Waals surface area contributed by atoms with Gasteiger partial charge in [-0.25, -0.2) is 0 Å². The van der Waals surface area contributed by atoms with E-state index >= 15 is 0 Å². The van der Waals surface area contributed by atoms with Crippen LogP contribution < -0.4 is 18.9 Å². The van der Waals surface area contributed by atoms with Crippen LogP contribution in [0.1, 0.15) is 49.7 Å². The first-order valence-corrected chi connectivity index (χ1v) is 14.4. The maximum atomic E-state index is 13.6. The molecule has 2 aliphatic rings. The number of rotatable bonds is 15. The van der Waals surface area contributed by atoms with Gasteiger partial charge >= 0.3 is 5.97 Å². The number of hydrogen-bond donors (Lipinski definition) is 2. The van der Waals surface area contributed by atoms with Gasteiger partial charge in [0.2, 0.25) is 18.4 Å². The van der Waals surface area contributed by atoms with E-state index < -0.39 is 23.8 Å². The summed E-state index contributed by atoms with van der Waals surface area (Å²) in [5.74, 6) is 0.171. The van der Waals surface area contributed by atoms with Crippen LogP contribution in [0.25, 0.3) is 0 Å². The molecule has 10 nitrogen and oxygen atoms in total. The number of carboxylic acid groups (broad SMARTS) is 1. The molecule has 2 aromatic rings. The summed E-state index contributed by atoms with van der Waals surface area (Å²) in [6.45, 7) is 3.74. The van der Waals surface area contributed by atoms with E-state index in [1.807, 2.05) is 41.3 Å². The SMILES string of the molecule is CCCCN(CCCO)C(=O)CN1CC(c2cc(OC)c3c(c2)OCO3)C(C(=O)O)C1CCc1ccccc1OC. The predicted octanol–water partition coefficient (Wildman–Crippen LogP) is 3.55. The number of aryl methyl sites for hydroxylation is 1. The number of benzene rings is 2. The van der Waals surface area contributed by atoms with Crippen molar-refractivity contribution in [1.29, 1.82) is 0 Å². The van der Waals surface area contributed by atoms with Crippen molar-refractivity contribution < 1.29 is 38.7 Å². The Morgan fingerprint density at radius 2 is 1.83 bits per heavy atom. The number of hydrogen-bond acceptors (Lipinski definition) is 8. The van der Waals surface area contributed by atoms with E-state index in [9.17, 15) is 19.8 Å². The van der Waals surface area contributed by atoms with Crippen LogP contribution in [0.4, 0.5) is 0 Å². The molecular weight excluding hydrogens is 528 g/mol. The number of fused-ring (bicyclic) bond motifs is 1. The fourth-order valence-corrected chi connectivity index (χ4v) is 6.01. The lowest BCUT2D eigenvalue weighted by Crippen LogP contribution is -2.45. The Kier molecular flexibility index (Phi) is 10.7. The van der Waals surface area contributed by atoms with Crippen LogP contribution in [-0.4, -0.2) is 91.7 Å². The summed E-state index contributed by atoms with van der Waals surface area (Å²) in [6, 6.07) is 11.0. The topological polar surface area (TPSA) is 118 Å². The Labute approximate surface area is 241 Å². The van der Waals surface area contributed by atoms with E-state index in [0.29, 0.717) is 56.1 Å². The van der Waals surface area contributed by atoms with Gasteiger partial charge in [-0.15, -0.1) is 0 Å². The first kappa shape index (κ1) is 30.5. The molecule has 0 spiro atoms. The Morgan fingerprint density at radius 1 is 1.07 bits per heavy atom. The van der Waals surface area contributed by atoms with E-state index in [4.69, 9.17) is 18.9 Å². The molecule has 1 saturated heterocycles. The molecule has 224 valence electrons. The molecule has 0 bridgehead atoms. The zero-order valence-corrected chi connectivity index (χ0v) is 24.2. The number of carbonyl (C=O) groups is 2. The Hall–Kier alpha value is -3.50. The van der Waals surface area contributed by atoms with Gasteiger partial charge < -0.3 is 34.1 Å². The van der Waals surface area contributed by atoms with Gasteiger partial charge in [0.05, 0.1) is 26.7 Å². The van der Waals surface area contributed by atoms with Gasteiger partial charge in [-0.2, -0.15) is 0 Å². The minimum Gasteiger partial charge on any atom is -0.496 e. The number of aliphatic carboxylic acids is 1. The molecule has 0 saturated carbocycles. The molecule has 0 aliphatic carbocycles. The standard InChI is InChI=1S/C31H42N2O8/c1-4-5-13-32(14-8-15-34)28(35)19-33-18-23(22-16-26(39-3)30-27(17-22)40-20-41-30)29(31(36)37)24(33)12-11-21-9-6-7-10-25(21)38-2/h6-7,9-10,16-17,23-24,29,34H,4-5,8,11-15,18-20H2,1-3H3,(H,36,37). The monoisotopic (exact) mass is 570 g/mol. The summed E-state index contributed by atoms with van der Waals surface area (Å²) in [5.41, 5.74) is 1.77. The highest BCUT2D eigenvalue weighted by Crippen LogP contribution is 2.47. The van der Waals surface area contributed by atoms with Crippen LogP contribution in [0.3, 0.4) is 0 Å². The van der Waals surface area contributed by atoms with E-state index in [2.05, 4.69) is 6.92 Å². The lowest BCUT2D eigenvalue weighted by molar-refractivity contribution is -0.143. The number of aliphatic hydroxyl groups is 1. The van der Waals surface area contributed by atoms with Gasteiger partial charge in [-0.1, -0.05) is 31.5 Å². The van der Waals surface area contributed by atoms with Crippen molar-refractivity contribution in [2.24, 2.45) is 5.92 Å². The number of likely N-dealkylation sites (tertiary alicyclic amines) is 1. The van der Waals surface area contributed by atoms with Crippen LogP contribution in [0.2, 0.25) is 0 Å². The number of aliphatic hydroxyl groups excluding tert-OH is 1. The van der Waals surface area contributed by atoms with Crippen molar-refractivity contribution in [2.45, 2.75) is 51.0 Å². The highest BCUT2D eigenvalue weighted by molar-refractivity contribution is 5.79. The summed E-state index contributed by atoms with van der Waals surface area (Å²) in [5, 5.41) is 19.9. The van der Waals surface area contributed by atoms with Crippen molar-refractivity contribution >= 4 is 11.9 Å². The van der Waals surface area contributed by atoms with Gasteiger partial charge in [0.25, 0.3) is 0 Å². The second-order valence-corrected chi connectivity index (χ2v) is 10.6. The zero-order valence-electron chi connectivity index (χ0n) is 24.2. The van der Waals surface area contributed by atoms with E-state index in [1.165, 1.54) is 0 Å². The van der Waals surface area contributed by atoms with Crippen molar-refractivity contribution in [3.8, 4) is 23.0 Å². The molecule has 2 heterocycles. The number of nitrogens with zero attached hydrogens (tertiary/aromatic N) is 2.